The summed E-state index contributed by atoms with van der Waals surface area (Å²) >= 11 is 0. The number of hydrogen-bond donors (Lipinski definition) is 3. The molecular weight excluding hydrogens is 360 g/mol. The predicted molar refractivity (Wildman–Crippen MR) is 94.2 cm³/mol. The van der Waals surface area contributed by atoms with Crippen molar-refractivity contribution in [1.29, 1.82) is 0 Å². The number of hydrogen-bond acceptors (Lipinski definition) is 6. The Bertz CT molecular complexity index is 948. The smallest absolute Gasteiger partial charge is 0.328 e. The van der Waals surface area contributed by atoms with E-state index in [1.807, 2.05) is 0 Å². The molecule has 136 valence electrons. The van der Waals surface area contributed by atoms with Crippen molar-refractivity contribution < 1.29 is 23.1 Å². The van der Waals surface area contributed by atoms with Crippen LogP contribution < -0.4 is 10.0 Å². The highest BCUT2D eigenvalue weighted by atomic mass is 32.2. The first-order valence-corrected chi connectivity index (χ1v) is 8.81. The molecule has 0 atom stereocenters. The van der Waals surface area contributed by atoms with Gasteiger partial charge in [0.25, 0.3) is 10.0 Å². The zero-order chi connectivity index (χ0) is 19.3. The molecule has 1 heterocycles. The zero-order valence-electron chi connectivity index (χ0n) is 13.9. The van der Waals surface area contributed by atoms with E-state index in [-0.39, 0.29) is 10.7 Å². The maximum absolute atomic E-state index is 12.4. The molecule has 1 aromatic carbocycles. The van der Waals surface area contributed by atoms with E-state index >= 15 is 0 Å². The second kappa shape index (κ2) is 7.74. The summed E-state index contributed by atoms with van der Waals surface area (Å²) in [6.45, 7) is 3.38. The Hall–Kier alpha value is -3.27. The van der Waals surface area contributed by atoms with Gasteiger partial charge in [-0.15, -0.1) is 0 Å². The van der Waals surface area contributed by atoms with Gasteiger partial charge in [-0.3, -0.25) is 9.52 Å². The molecule has 0 saturated heterocycles. The lowest BCUT2D eigenvalue weighted by Gasteiger charge is -2.09. The summed E-state index contributed by atoms with van der Waals surface area (Å²) in [5, 5.41) is 10.9. The molecule has 1 aromatic heterocycles. The summed E-state index contributed by atoms with van der Waals surface area (Å²) in [5.74, 6) is -1.29. The van der Waals surface area contributed by atoms with Gasteiger partial charge in [-0.25, -0.2) is 23.2 Å². The minimum Gasteiger partial charge on any atom is -0.478 e. The lowest BCUT2D eigenvalue weighted by atomic mass is 10.3. The van der Waals surface area contributed by atoms with Crippen molar-refractivity contribution in [1.82, 2.24) is 9.97 Å². The van der Waals surface area contributed by atoms with Crippen LogP contribution in [0.1, 0.15) is 11.5 Å². The van der Waals surface area contributed by atoms with Crippen molar-refractivity contribution in [3.8, 4) is 0 Å². The van der Waals surface area contributed by atoms with Gasteiger partial charge in [-0.1, -0.05) is 0 Å². The van der Waals surface area contributed by atoms with Gasteiger partial charge in [-0.2, -0.15) is 0 Å². The highest BCUT2D eigenvalue weighted by Gasteiger charge is 2.15. The number of carboxylic acid groups (broad SMARTS) is 1. The van der Waals surface area contributed by atoms with Crippen LogP contribution in [0.3, 0.4) is 0 Å². The van der Waals surface area contributed by atoms with Crippen molar-refractivity contribution in [2.24, 2.45) is 0 Å². The number of nitrogens with zero attached hydrogens (tertiary/aromatic N) is 2. The van der Waals surface area contributed by atoms with Crippen molar-refractivity contribution in [3.63, 3.8) is 0 Å². The van der Waals surface area contributed by atoms with E-state index in [0.717, 1.165) is 6.08 Å². The first-order chi connectivity index (χ1) is 12.2. The minimum atomic E-state index is -3.86. The Kier molecular flexibility index (Phi) is 5.68. The normalized spacial score (nSPS) is 11.3. The van der Waals surface area contributed by atoms with Crippen LogP contribution in [0.5, 0.6) is 0 Å². The minimum absolute atomic E-state index is 0.0227. The molecule has 0 aliphatic rings. The average Bonchev–Trinajstić information content (AvgIpc) is 2.52. The van der Waals surface area contributed by atoms with E-state index in [9.17, 15) is 18.0 Å². The fourth-order valence-electron chi connectivity index (χ4n) is 2.01. The molecular formula is C16H16N4O5S. The molecule has 0 saturated carbocycles. The number of aromatic nitrogens is 2. The summed E-state index contributed by atoms with van der Waals surface area (Å²) in [7, 11) is -3.86. The molecule has 0 spiro atoms. The third-order valence-electron chi connectivity index (χ3n) is 3.01. The van der Waals surface area contributed by atoms with Crippen LogP contribution in [0.15, 0.2) is 47.4 Å². The second-order valence-electron chi connectivity index (χ2n) is 5.23. The average molecular weight is 376 g/mol. The van der Waals surface area contributed by atoms with Gasteiger partial charge in [-0.05, 0) is 38.1 Å². The summed E-state index contributed by atoms with van der Waals surface area (Å²) < 4.78 is 27.2. The molecule has 0 aliphatic heterocycles. The quantitative estimate of drug-likeness (QED) is 0.649. The topological polar surface area (TPSA) is 138 Å². The van der Waals surface area contributed by atoms with Gasteiger partial charge in [0.05, 0.1) is 4.90 Å². The van der Waals surface area contributed by atoms with Crippen LogP contribution in [-0.4, -0.2) is 35.4 Å². The first-order valence-electron chi connectivity index (χ1n) is 7.33. The van der Waals surface area contributed by atoms with Gasteiger partial charge in [0, 0.05) is 29.6 Å². The number of carbonyl (C=O) groups excluding carboxylic acids is 1. The third-order valence-corrected chi connectivity index (χ3v) is 4.39. The maximum Gasteiger partial charge on any atom is 0.328 e. The molecule has 0 fully saturated rings. The molecule has 2 rings (SSSR count). The number of carbonyl (C=O) groups is 2. The first kappa shape index (κ1) is 19.1. The van der Waals surface area contributed by atoms with Gasteiger partial charge in [0.2, 0.25) is 5.91 Å². The lowest BCUT2D eigenvalue weighted by molar-refractivity contribution is -0.131. The molecule has 0 aliphatic carbocycles. The van der Waals surface area contributed by atoms with Crippen molar-refractivity contribution >= 4 is 33.4 Å². The Balaban J connectivity index is 2.13. The number of aryl methyl sites for hydroxylation is 2. The van der Waals surface area contributed by atoms with E-state index in [4.69, 9.17) is 5.11 Å². The number of anilines is 2. The number of carboxylic acids is 1. The van der Waals surface area contributed by atoms with Crippen LogP contribution in [-0.2, 0) is 19.6 Å². The lowest BCUT2D eigenvalue weighted by Crippen LogP contribution is -2.15. The molecule has 3 N–H and O–H groups in total. The Morgan fingerprint density at radius 2 is 1.73 bits per heavy atom. The van der Waals surface area contributed by atoms with E-state index in [1.54, 1.807) is 13.8 Å². The number of amides is 1. The SMILES string of the molecule is Cc1cc(NS(=O)(=O)c2ccc(NC(=O)/C=C/C(=O)O)cc2)nc(C)n1. The van der Waals surface area contributed by atoms with Crippen LogP contribution in [0.4, 0.5) is 11.5 Å². The van der Waals surface area contributed by atoms with Crippen LogP contribution in [0.2, 0.25) is 0 Å². The molecule has 0 unspecified atom stereocenters. The predicted octanol–water partition coefficient (Wildman–Crippen LogP) is 1.47. The van der Waals surface area contributed by atoms with Crippen LogP contribution >= 0.6 is 0 Å². The molecule has 26 heavy (non-hydrogen) atoms. The third kappa shape index (κ3) is 5.38. The number of nitrogens with one attached hydrogen (secondary N) is 2. The van der Waals surface area contributed by atoms with E-state index < -0.39 is 21.9 Å². The summed E-state index contributed by atoms with van der Waals surface area (Å²) in [5.41, 5.74) is 0.945. The standard InChI is InChI=1S/C16H16N4O5S/c1-10-9-14(18-11(2)17-10)20-26(24,25)13-5-3-12(4-6-13)19-15(21)7-8-16(22)23/h3-9H,1-2H3,(H,19,21)(H,22,23)(H,17,18,20)/b8-7+. The largest absolute Gasteiger partial charge is 0.478 e. The van der Waals surface area contributed by atoms with E-state index in [1.165, 1.54) is 30.3 Å². The van der Waals surface area contributed by atoms with Gasteiger partial charge in [0.1, 0.15) is 11.6 Å². The van der Waals surface area contributed by atoms with Crippen molar-refractivity contribution in [3.05, 3.63) is 54.0 Å². The zero-order valence-corrected chi connectivity index (χ0v) is 14.7. The van der Waals surface area contributed by atoms with E-state index in [2.05, 4.69) is 20.0 Å². The molecule has 2 aromatic rings. The number of sulfonamides is 1. The summed E-state index contributed by atoms with van der Waals surface area (Å²) in [6.07, 6.45) is 1.55. The number of aliphatic carboxylic acids is 1. The molecule has 0 bridgehead atoms. The monoisotopic (exact) mass is 376 g/mol. The Labute approximate surface area is 149 Å². The summed E-state index contributed by atoms with van der Waals surface area (Å²) in [6, 6.07) is 6.89. The molecule has 9 nitrogen and oxygen atoms in total. The molecule has 0 radical (unpaired) electrons. The number of rotatable bonds is 6. The van der Waals surface area contributed by atoms with Crippen LogP contribution in [0.25, 0.3) is 0 Å². The summed E-state index contributed by atoms with van der Waals surface area (Å²) in [4.78, 5) is 29.9. The Morgan fingerprint density at radius 1 is 1.08 bits per heavy atom. The molecule has 10 heteroatoms. The van der Waals surface area contributed by atoms with Gasteiger partial charge >= 0.3 is 5.97 Å². The fraction of sp³-hybridized carbons (Fsp3) is 0.125. The van der Waals surface area contributed by atoms with E-state index in [0.29, 0.717) is 23.3 Å². The fourth-order valence-corrected chi connectivity index (χ4v) is 3.01. The molecule has 1 amide bonds. The highest BCUT2D eigenvalue weighted by Crippen LogP contribution is 2.17. The maximum atomic E-state index is 12.4. The number of benzene rings is 1. The second-order valence-corrected chi connectivity index (χ2v) is 6.91. The Morgan fingerprint density at radius 3 is 2.31 bits per heavy atom. The van der Waals surface area contributed by atoms with Gasteiger partial charge < -0.3 is 10.4 Å². The van der Waals surface area contributed by atoms with Crippen molar-refractivity contribution in [2.75, 3.05) is 10.0 Å². The van der Waals surface area contributed by atoms with Crippen molar-refractivity contribution in [2.45, 2.75) is 18.7 Å². The van der Waals surface area contributed by atoms with Gasteiger partial charge in [0.15, 0.2) is 0 Å². The highest BCUT2D eigenvalue weighted by molar-refractivity contribution is 7.92. The van der Waals surface area contributed by atoms with Crippen LogP contribution in [0, 0.1) is 13.8 Å².